The first-order valence-electron chi connectivity index (χ1n) is 9.11. The molecule has 1 aliphatic rings. The van der Waals surface area contributed by atoms with Crippen LogP contribution < -0.4 is 9.64 Å². The monoisotopic (exact) mass is 416 g/mol. The molecule has 0 unspecified atom stereocenters. The summed E-state index contributed by atoms with van der Waals surface area (Å²) >= 11 is 6.92. The molecule has 0 radical (unpaired) electrons. The minimum absolute atomic E-state index is 0.133. The normalized spacial score (nSPS) is 15.0. The molecule has 1 amide bonds. The van der Waals surface area contributed by atoms with Gasteiger partial charge in [0.25, 0.3) is 5.91 Å². The predicted octanol–water partition coefficient (Wildman–Crippen LogP) is 1.68. The van der Waals surface area contributed by atoms with Crippen molar-refractivity contribution < 1.29 is 14.4 Å². The van der Waals surface area contributed by atoms with E-state index in [0.717, 1.165) is 48.2 Å². The Morgan fingerprint density at radius 3 is 2.68 bits per heavy atom. The fourth-order valence-corrected chi connectivity index (χ4v) is 4.20. The zero-order valence-electron chi connectivity index (χ0n) is 15.6. The van der Waals surface area contributed by atoms with Crippen LogP contribution in [-0.4, -0.2) is 58.9 Å². The highest BCUT2D eigenvalue weighted by molar-refractivity contribution is 7.71. The SMILES string of the molecule is COc1ccc(-c2nc(=S)n(C[NH+]3CCN(C(=O)c4cccs4)CC3)[nH]2)cc1. The van der Waals surface area contributed by atoms with Crippen molar-refractivity contribution in [2.45, 2.75) is 6.67 Å². The Morgan fingerprint density at radius 2 is 2.04 bits per heavy atom. The molecule has 2 aromatic heterocycles. The summed E-state index contributed by atoms with van der Waals surface area (Å²) in [4.78, 5) is 21.1. The van der Waals surface area contributed by atoms with Crippen molar-refractivity contribution in [2.24, 2.45) is 0 Å². The topological polar surface area (TPSA) is 67.6 Å². The second-order valence-electron chi connectivity index (χ2n) is 6.69. The standard InChI is InChI=1S/C19H21N5O2S2/c1-26-15-6-4-14(5-7-15)17-20-19(27)24(21-17)13-22-8-10-23(11-9-22)18(25)16-3-2-12-28-16/h2-7,12H,8-11,13H2,1H3,(H,20,21,27)/p+1. The quantitative estimate of drug-likeness (QED) is 0.621. The van der Waals surface area contributed by atoms with Gasteiger partial charge in [-0.3, -0.25) is 9.89 Å². The number of amides is 1. The molecule has 9 heteroatoms. The van der Waals surface area contributed by atoms with Crippen molar-refractivity contribution in [2.75, 3.05) is 33.3 Å². The smallest absolute Gasteiger partial charge is 0.264 e. The van der Waals surface area contributed by atoms with Crippen LogP contribution in [0.25, 0.3) is 11.4 Å². The summed E-state index contributed by atoms with van der Waals surface area (Å²) in [5.74, 6) is 1.69. The number of hydrogen-bond acceptors (Lipinski definition) is 5. The number of carbonyl (C=O) groups excluding carboxylic acids is 1. The second-order valence-corrected chi connectivity index (χ2v) is 8.00. The number of methoxy groups -OCH3 is 1. The minimum Gasteiger partial charge on any atom is -0.497 e. The average molecular weight is 417 g/mol. The highest BCUT2D eigenvalue weighted by Crippen LogP contribution is 2.19. The zero-order chi connectivity index (χ0) is 19.5. The summed E-state index contributed by atoms with van der Waals surface area (Å²) < 4.78 is 7.64. The van der Waals surface area contributed by atoms with Crippen molar-refractivity contribution in [3.8, 4) is 17.1 Å². The Kier molecular flexibility index (Phi) is 5.56. The fraction of sp³-hybridized carbons (Fsp3) is 0.316. The number of ether oxygens (including phenoxy) is 1. The minimum atomic E-state index is 0.133. The summed E-state index contributed by atoms with van der Waals surface area (Å²) in [5.41, 5.74) is 0.965. The lowest BCUT2D eigenvalue weighted by Crippen LogP contribution is -3.14. The first-order valence-corrected chi connectivity index (χ1v) is 10.4. The molecular formula is C19H22N5O2S2+. The Bertz CT molecular complexity index is 986. The van der Waals surface area contributed by atoms with Crippen LogP contribution in [0.2, 0.25) is 0 Å². The lowest BCUT2D eigenvalue weighted by molar-refractivity contribution is -0.927. The van der Waals surface area contributed by atoms with E-state index in [1.807, 2.05) is 51.4 Å². The Labute approximate surface area is 172 Å². The van der Waals surface area contributed by atoms with Crippen LogP contribution in [0.4, 0.5) is 0 Å². The number of quaternary nitrogens is 1. The molecule has 0 bridgehead atoms. The van der Waals surface area contributed by atoms with Crippen LogP contribution in [0.5, 0.6) is 5.75 Å². The van der Waals surface area contributed by atoms with Gasteiger partial charge in [-0.15, -0.1) is 11.3 Å². The first-order chi connectivity index (χ1) is 13.6. The summed E-state index contributed by atoms with van der Waals surface area (Å²) in [6.45, 7) is 3.98. The van der Waals surface area contributed by atoms with Gasteiger partial charge in [0, 0.05) is 5.56 Å². The molecule has 0 aliphatic carbocycles. The number of benzene rings is 1. The Balaban J connectivity index is 1.38. The van der Waals surface area contributed by atoms with Crippen LogP contribution in [0.3, 0.4) is 0 Å². The molecule has 3 heterocycles. The number of H-pyrrole nitrogens is 1. The molecule has 1 aromatic carbocycles. The van der Waals surface area contributed by atoms with Crippen molar-refractivity contribution in [1.29, 1.82) is 0 Å². The maximum Gasteiger partial charge on any atom is 0.264 e. The van der Waals surface area contributed by atoms with Crippen molar-refractivity contribution in [1.82, 2.24) is 19.7 Å². The van der Waals surface area contributed by atoms with Gasteiger partial charge in [-0.25, -0.2) is 4.68 Å². The Hall–Kier alpha value is -2.49. The van der Waals surface area contributed by atoms with Gasteiger partial charge in [0.15, 0.2) is 12.5 Å². The fourth-order valence-electron chi connectivity index (χ4n) is 3.31. The van der Waals surface area contributed by atoms with Gasteiger partial charge in [0.05, 0.1) is 38.2 Å². The summed E-state index contributed by atoms with van der Waals surface area (Å²) in [6, 6.07) is 11.5. The van der Waals surface area contributed by atoms with Gasteiger partial charge in [-0.05, 0) is 47.9 Å². The van der Waals surface area contributed by atoms with Gasteiger partial charge >= 0.3 is 0 Å². The molecule has 1 saturated heterocycles. The number of piperazine rings is 1. The van der Waals surface area contributed by atoms with E-state index in [-0.39, 0.29) is 5.91 Å². The predicted molar refractivity (Wildman–Crippen MR) is 110 cm³/mol. The maximum atomic E-state index is 12.5. The van der Waals surface area contributed by atoms with Crippen molar-refractivity contribution in [3.05, 3.63) is 51.4 Å². The number of hydrogen-bond donors (Lipinski definition) is 2. The lowest BCUT2D eigenvalue weighted by atomic mass is 10.2. The van der Waals surface area contributed by atoms with E-state index in [9.17, 15) is 4.79 Å². The number of aromatic amines is 1. The molecule has 3 aromatic rings. The van der Waals surface area contributed by atoms with Crippen LogP contribution >= 0.6 is 23.6 Å². The molecule has 28 heavy (non-hydrogen) atoms. The first kappa shape index (κ1) is 18.9. The average Bonchev–Trinajstić information content (AvgIpc) is 3.39. The van der Waals surface area contributed by atoms with Gasteiger partial charge in [-0.2, -0.15) is 4.98 Å². The molecule has 4 rings (SSSR count). The highest BCUT2D eigenvalue weighted by atomic mass is 32.1. The molecule has 0 saturated carbocycles. The number of carbonyl (C=O) groups is 1. The molecular weight excluding hydrogens is 394 g/mol. The van der Waals surface area contributed by atoms with Gasteiger partial charge in [0.2, 0.25) is 4.77 Å². The van der Waals surface area contributed by atoms with E-state index in [4.69, 9.17) is 17.0 Å². The number of thiophene rings is 1. The number of nitrogens with zero attached hydrogens (tertiary/aromatic N) is 3. The van der Waals surface area contributed by atoms with E-state index >= 15 is 0 Å². The summed E-state index contributed by atoms with van der Waals surface area (Å²) in [6.07, 6.45) is 0. The van der Waals surface area contributed by atoms with Gasteiger partial charge in [0.1, 0.15) is 5.75 Å². The number of aromatic nitrogens is 3. The molecule has 1 fully saturated rings. The van der Waals surface area contributed by atoms with E-state index in [1.54, 1.807) is 7.11 Å². The summed E-state index contributed by atoms with van der Waals surface area (Å²) in [7, 11) is 1.65. The molecule has 2 N–H and O–H groups in total. The maximum absolute atomic E-state index is 12.5. The van der Waals surface area contributed by atoms with Gasteiger partial charge < -0.3 is 14.5 Å². The highest BCUT2D eigenvalue weighted by Gasteiger charge is 2.25. The number of nitrogens with one attached hydrogen (secondary N) is 2. The van der Waals surface area contributed by atoms with Crippen LogP contribution in [0.15, 0.2) is 41.8 Å². The van der Waals surface area contributed by atoms with E-state index in [2.05, 4.69) is 10.1 Å². The van der Waals surface area contributed by atoms with Crippen LogP contribution in [0, 0.1) is 4.77 Å². The van der Waals surface area contributed by atoms with Crippen molar-refractivity contribution in [3.63, 3.8) is 0 Å². The molecule has 0 spiro atoms. The second kappa shape index (κ2) is 8.26. The molecule has 146 valence electrons. The van der Waals surface area contributed by atoms with Gasteiger partial charge in [-0.1, -0.05) is 6.07 Å². The van der Waals surface area contributed by atoms with E-state index in [0.29, 0.717) is 11.4 Å². The Morgan fingerprint density at radius 1 is 1.29 bits per heavy atom. The third-order valence-electron chi connectivity index (χ3n) is 4.91. The molecule has 7 nitrogen and oxygen atoms in total. The van der Waals surface area contributed by atoms with E-state index in [1.165, 1.54) is 16.2 Å². The lowest BCUT2D eigenvalue weighted by Gasteiger charge is -2.31. The zero-order valence-corrected chi connectivity index (χ0v) is 17.2. The molecule has 0 atom stereocenters. The van der Waals surface area contributed by atoms with Crippen molar-refractivity contribution >= 4 is 29.5 Å². The molecule has 1 aliphatic heterocycles. The third-order valence-corrected chi connectivity index (χ3v) is 6.08. The summed E-state index contributed by atoms with van der Waals surface area (Å²) in [5, 5.41) is 5.24. The largest absolute Gasteiger partial charge is 0.497 e. The number of rotatable bonds is 5. The third kappa shape index (κ3) is 4.01. The van der Waals surface area contributed by atoms with Crippen LogP contribution in [0.1, 0.15) is 9.67 Å². The van der Waals surface area contributed by atoms with Crippen LogP contribution in [-0.2, 0) is 6.67 Å². The van der Waals surface area contributed by atoms with E-state index < -0.39 is 0 Å².